The molecule has 4 nitrogen and oxygen atoms in total. The normalized spacial score (nSPS) is 24.9. The van der Waals surface area contributed by atoms with Crippen molar-refractivity contribution in [2.45, 2.75) is 18.9 Å². The molecule has 108 valence electrons. The highest BCUT2D eigenvalue weighted by Gasteiger charge is 2.30. The van der Waals surface area contributed by atoms with Crippen LogP contribution in [0.3, 0.4) is 0 Å². The Balaban J connectivity index is 1.66. The van der Waals surface area contributed by atoms with Crippen LogP contribution in [0.15, 0.2) is 28.7 Å². The van der Waals surface area contributed by atoms with E-state index in [-0.39, 0.29) is 5.91 Å². The van der Waals surface area contributed by atoms with Crippen molar-refractivity contribution in [3.05, 3.63) is 28.7 Å². The van der Waals surface area contributed by atoms with Gasteiger partial charge in [-0.3, -0.25) is 9.69 Å². The molecule has 5 heteroatoms. The standard InChI is InChI=1S/C15H20BrN3O/c16-12-2-1-3-14(10-12)19-7-4-13(11-15(19)20)18-8-5-17-6-9-18/h1-3,10,13,17H,4-9,11H2. The molecule has 0 radical (unpaired) electrons. The zero-order chi connectivity index (χ0) is 13.9. The predicted molar refractivity (Wildman–Crippen MR) is 84.0 cm³/mol. The zero-order valence-electron chi connectivity index (χ0n) is 11.5. The van der Waals surface area contributed by atoms with Gasteiger partial charge in [-0.2, -0.15) is 0 Å². The number of nitrogens with zero attached hydrogens (tertiary/aromatic N) is 2. The first kappa shape index (κ1) is 14.0. The van der Waals surface area contributed by atoms with Crippen LogP contribution in [0.25, 0.3) is 0 Å². The van der Waals surface area contributed by atoms with Gasteiger partial charge in [0.1, 0.15) is 0 Å². The van der Waals surface area contributed by atoms with Gasteiger partial charge in [0, 0.05) is 55.3 Å². The number of halogens is 1. The number of amides is 1. The third kappa shape index (κ3) is 3.05. The minimum Gasteiger partial charge on any atom is -0.314 e. The Morgan fingerprint density at radius 3 is 2.70 bits per heavy atom. The molecule has 0 saturated carbocycles. The van der Waals surface area contributed by atoms with Gasteiger partial charge in [0.2, 0.25) is 5.91 Å². The minimum atomic E-state index is 0.248. The van der Waals surface area contributed by atoms with E-state index in [0.717, 1.165) is 49.3 Å². The molecule has 2 fully saturated rings. The lowest BCUT2D eigenvalue weighted by molar-refractivity contribution is -0.121. The van der Waals surface area contributed by atoms with E-state index < -0.39 is 0 Å². The van der Waals surface area contributed by atoms with E-state index >= 15 is 0 Å². The molecule has 3 rings (SSSR count). The molecule has 0 spiro atoms. The van der Waals surface area contributed by atoms with Crippen LogP contribution in [0.1, 0.15) is 12.8 Å². The lowest BCUT2D eigenvalue weighted by atomic mass is 10.0. The number of benzene rings is 1. The monoisotopic (exact) mass is 337 g/mol. The van der Waals surface area contributed by atoms with E-state index in [0.29, 0.717) is 12.5 Å². The minimum absolute atomic E-state index is 0.248. The van der Waals surface area contributed by atoms with Crippen molar-refractivity contribution < 1.29 is 4.79 Å². The van der Waals surface area contributed by atoms with Crippen LogP contribution in [0.4, 0.5) is 5.69 Å². The largest absolute Gasteiger partial charge is 0.314 e. The van der Waals surface area contributed by atoms with Crippen LogP contribution in [0.5, 0.6) is 0 Å². The maximum Gasteiger partial charge on any atom is 0.228 e. The molecule has 1 N–H and O–H groups in total. The number of anilines is 1. The van der Waals surface area contributed by atoms with Crippen LogP contribution in [-0.2, 0) is 4.79 Å². The van der Waals surface area contributed by atoms with E-state index in [2.05, 4.69) is 26.1 Å². The first-order valence-corrected chi connectivity index (χ1v) is 8.04. The molecular formula is C15H20BrN3O. The van der Waals surface area contributed by atoms with Gasteiger partial charge in [0.15, 0.2) is 0 Å². The summed E-state index contributed by atoms with van der Waals surface area (Å²) < 4.78 is 1.02. The molecule has 0 aromatic heterocycles. The van der Waals surface area contributed by atoms with Crippen molar-refractivity contribution in [2.24, 2.45) is 0 Å². The summed E-state index contributed by atoms with van der Waals surface area (Å²) in [6.45, 7) is 5.04. The van der Waals surface area contributed by atoms with E-state index in [1.807, 2.05) is 29.2 Å². The molecule has 1 aromatic rings. The Morgan fingerprint density at radius 2 is 2.00 bits per heavy atom. The fourth-order valence-corrected chi connectivity index (χ4v) is 3.48. The highest BCUT2D eigenvalue weighted by molar-refractivity contribution is 9.10. The Hall–Kier alpha value is -0.910. The second-order valence-corrected chi connectivity index (χ2v) is 6.37. The Bertz CT molecular complexity index is 488. The van der Waals surface area contributed by atoms with Gasteiger partial charge in [-0.05, 0) is 24.6 Å². The average molecular weight is 338 g/mol. The van der Waals surface area contributed by atoms with Gasteiger partial charge in [-0.1, -0.05) is 22.0 Å². The summed E-state index contributed by atoms with van der Waals surface area (Å²) >= 11 is 3.47. The molecule has 0 bridgehead atoms. The zero-order valence-corrected chi connectivity index (χ0v) is 13.1. The van der Waals surface area contributed by atoms with Crippen molar-refractivity contribution in [1.82, 2.24) is 10.2 Å². The summed E-state index contributed by atoms with van der Waals surface area (Å²) in [6, 6.07) is 8.42. The SMILES string of the molecule is O=C1CC(N2CCNCC2)CCN1c1cccc(Br)c1. The number of piperazine rings is 1. The Kier molecular flexibility index (Phi) is 4.38. The van der Waals surface area contributed by atoms with E-state index in [1.165, 1.54) is 0 Å². The fraction of sp³-hybridized carbons (Fsp3) is 0.533. The molecule has 1 aromatic carbocycles. The van der Waals surface area contributed by atoms with E-state index in [1.54, 1.807) is 0 Å². The van der Waals surface area contributed by atoms with Crippen molar-refractivity contribution >= 4 is 27.5 Å². The fourth-order valence-electron chi connectivity index (χ4n) is 3.09. The maximum atomic E-state index is 12.4. The van der Waals surface area contributed by atoms with Crippen LogP contribution < -0.4 is 10.2 Å². The highest BCUT2D eigenvalue weighted by Crippen LogP contribution is 2.26. The number of piperidine rings is 1. The average Bonchev–Trinajstić information content (AvgIpc) is 2.48. The molecule has 2 heterocycles. The van der Waals surface area contributed by atoms with E-state index in [9.17, 15) is 4.79 Å². The van der Waals surface area contributed by atoms with Crippen molar-refractivity contribution in [2.75, 3.05) is 37.6 Å². The summed E-state index contributed by atoms with van der Waals surface area (Å²) in [4.78, 5) is 16.8. The number of nitrogens with one attached hydrogen (secondary N) is 1. The van der Waals surface area contributed by atoms with Gasteiger partial charge in [-0.25, -0.2) is 0 Å². The lowest BCUT2D eigenvalue weighted by Gasteiger charge is -2.40. The third-order valence-electron chi connectivity index (χ3n) is 4.19. The second-order valence-electron chi connectivity index (χ2n) is 5.46. The van der Waals surface area contributed by atoms with Crippen LogP contribution >= 0.6 is 15.9 Å². The van der Waals surface area contributed by atoms with Crippen molar-refractivity contribution in [3.8, 4) is 0 Å². The molecule has 2 aliphatic rings. The van der Waals surface area contributed by atoms with Gasteiger partial charge >= 0.3 is 0 Å². The Labute approximate surface area is 128 Å². The molecular weight excluding hydrogens is 318 g/mol. The molecule has 1 atom stereocenters. The molecule has 2 aliphatic heterocycles. The molecule has 20 heavy (non-hydrogen) atoms. The van der Waals surface area contributed by atoms with E-state index in [4.69, 9.17) is 0 Å². The smallest absolute Gasteiger partial charge is 0.228 e. The lowest BCUT2D eigenvalue weighted by Crippen LogP contribution is -2.53. The topological polar surface area (TPSA) is 35.6 Å². The van der Waals surface area contributed by atoms with Gasteiger partial charge in [-0.15, -0.1) is 0 Å². The third-order valence-corrected chi connectivity index (χ3v) is 4.68. The second kappa shape index (κ2) is 6.24. The first-order valence-electron chi connectivity index (χ1n) is 7.25. The maximum absolute atomic E-state index is 12.4. The Morgan fingerprint density at radius 1 is 1.20 bits per heavy atom. The summed E-state index contributed by atoms with van der Waals surface area (Å²) in [5.74, 6) is 0.248. The van der Waals surface area contributed by atoms with Crippen molar-refractivity contribution in [3.63, 3.8) is 0 Å². The first-order chi connectivity index (χ1) is 9.74. The quantitative estimate of drug-likeness (QED) is 0.894. The summed E-state index contributed by atoms with van der Waals surface area (Å²) in [5.41, 5.74) is 1.00. The van der Waals surface area contributed by atoms with Gasteiger partial charge in [0.25, 0.3) is 0 Å². The van der Waals surface area contributed by atoms with Gasteiger partial charge < -0.3 is 10.2 Å². The molecule has 0 aliphatic carbocycles. The molecule has 1 unspecified atom stereocenters. The van der Waals surface area contributed by atoms with Crippen molar-refractivity contribution in [1.29, 1.82) is 0 Å². The number of hydrogen-bond acceptors (Lipinski definition) is 3. The highest BCUT2D eigenvalue weighted by atomic mass is 79.9. The summed E-state index contributed by atoms with van der Waals surface area (Å²) in [6.07, 6.45) is 1.71. The number of carbonyl (C=O) groups is 1. The molecule has 1 amide bonds. The number of hydrogen-bond donors (Lipinski definition) is 1. The van der Waals surface area contributed by atoms with Crippen LogP contribution in [0.2, 0.25) is 0 Å². The predicted octanol–water partition coefficient (Wildman–Crippen LogP) is 1.85. The number of rotatable bonds is 2. The number of carbonyl (C=O) groups excluding carboxylic acids is 1. The van der Waals surface area contributed by atoms with Gasteiger partial charge in [0.05, 0.1) is 0 Å². The summed E-state index contributed by atoms with van der Waals surface area (Å²) in [7, 11) is 0. The van der Waals surface area contributed by atoms with Crippen LogP contribution in [-0.4, -0.2) is 49.6 Å². The summed E-state index contributed by atoms with van der Waals surface area (Å²) in [5, 5.41) is 3.36. The molecule has 2 saturated heterocycles. The van der Waals surface area contributed by atoms with Crippen LogP contribution in [0, 0.1) is 0 Å².